The van der Waals surface area contributed by atoms with Crippen LogP contribution in [0.15, 0.2) is 48.5 Å². The van der Waals surface area contributed by atoms with Crippen LogP contribution in [-0.4, -0.2) is 44.8 Å². The molecule has 1 aliphatic heterocycles. The quantitative estimate of drug-likeness (QED) is 0.732. The maximum atomic E-state index is 12.3. The molecule has 156 valence electrons. The molecular weight excluding hydrogens is 368 g/mol. The number of amides is 1. The van der Waals surface area contributed by atoms with Crippen LogP contribution in [0.3, 0.4) is 0 Å². The van der Waals surface area contributed by atoms with Gasteiger partial charge in [-0.2, -0.15) is 0 Å². The highest BCUT2D eigenvalue weighted by atomic mass is 16.6. The van der Waals surface area contributed by atoms with Gasteiger partial charge in [-0.3, -0.25) is 0 Å². The number of rotatable bonds is 8. The summed E-state index contributed by atoms with van der Waals surface area (Å²) in [6.45, 7) is 3.47. The molecule has 6 heteroatoms. The fourth-order valence-corrected chi connectivity index (χ4v) is 3.54. The second-order valence-electron chi connectivity index (χ2n) is 7.28. The Morgan fingerprint density at radius 2 is 1.83 bits per heavy atom. The zero-order valence-electron chi connectivity index (χ0n) is 17.2. The fourth-order valence-electron chi connectivity index (χ4n) is 3.54. The van der Waals surface area contributed by atoms with Crippen LogP contribution in [0.5, 0.6) is 11.5 Å². The van der Waals surface area contributed by atoms with Crippen molar-refractivity contribution in [3.8, 4) is 11.5 Å². The molecule has 0 aliphatic carbocycles. The summed E-state index contributed by atoms with van der Waals surface area (Å²) < 4.78 is 16.1. The van der Waals surface area contributed by atoms with Crippen molar-refractivity contribution in [2.45, 2.75) is 26.0 Å². The minimum absolute atomic E-state index is 0.219. The second kappa shape index (κ2) is 10.7. The van der Waals surface area contributed by atoms with Crippen LogP contribution in [0.1, 0.15) is 24.0 Å². The molecule has 1 saturated heterocycles. The monoisotopic (exact) mass is 398 g/mol. The summed E-state index contributed by atoms with van der Waals surface area (Å²) in [4.78, 5) is 14.1. The van der Waals surface area contributed by atoms with Crippen molar-refractivity contribution >= 4 is 6.09 Å². The third-order valence-electron chi connectivity index (χ3n) is 5.32. The number of nitrogens with zero attached hydrogens (tertiary/aromatic N) is 1. The molecule has 3 rings (SSSR count). The van der Waals surface area contributed by atoms with Gasteiger partial charge >= 0.3 is 6.09 Å². The van der Waals surface area contributed by atoms with Crippen LogP contribution in [0.2, 0.25) is 0 Å². The van der Waals surface area contributed by atoms with E-state index in [1.807, 2.05) is 53.4 Å². The summed E-state index contributed by atoms with van der Waals surface area (Å²) >= 11 is 0. The van der Waals surface area contributed by atoms with Crippen LogP contribution >= 0.6 is 0 Å². The largest absolute Gasteiger partial charge is 0.497 e. The van der Waals surface area contributed by atoms with E-state index in [9.17, 15) is 4.79 Å². The molecule has 1 N–H and O–H groups in total. The molecule has 1 heterocycles. The minimum Gasteiger partial charge on any atom is -0.497 e. The van der Waals surface area contributed by atoms with Gasteiger partial charge in [0.25, 0.3) is 0 Å². The molecule has 29 heavy (non-hydrogen) atoms. The van der Waals surface area contributed by atoms with Crippen LogP contribution < -0.4 is 14.8 Å². The molecule has 1 aliphatic rings. The van der Waals surface area contributed by atoms with Gasteiger partial charge in [-0.25, -0.2) is 4.79 Å². The first kappa shape index (κ1) is 21.0. The average molecular weight is 399 g/mol. The van der Waals surface area contributed by atoms with Gasteiger partial charge in [0.15, 0.2) is 0 Å². The molecule has 2 aromatic rings. The zero-order chi connectivity index (χ0) is 20.5. The Kier molecular flexibility index (Phi) is 7.76. The van der Waals surface area contributed by atoms with Crippen molar-refractivity contribution < 1.29 is 19.0 Å². The third-order valence-corrected chi connectivity index (χ3v) is 5.32. The Morgan fingerprint density at radius 3 is 2.52 bits per heavy atom. The summed E-state index contributed by atoms with van der Waals surface area (Å²) in [5, 5.41) is 3.52. The number of likely N-dealkylation sites (tertiary alicyclic amines) is 1. The Labute approximate surface area is 172 Å². The van der Waals surface area contributed by atoms with Crippen LogP contribution in [0.4, 0.5) is 4.79 Å². The SMILES string of the molecule is COc1ccc(CNCC2CCN(C(=O)OCc3ccccc3)CC2)c(OC)c1. The van der Waals surface area contributed by atoms with E-state index in [1.54, 1.807) is 14.2 Å². The first-order chi connectivity index (χ1) is 14.2. The van der Waals surface area contributed by atoms with Gasteiger partial charge in [-0.05, 0) is 36.9 Å². The number of hydrogen-bond donors (Lipinski definition) is 1. The standard InChI is InChI=1S/C23H30N2O4/c1-27-21-9-8-20(22(14-21)28-2)16-24-15-18-10-12-25(13-11-18)23(26)29-17-19-6-4-3-5-7-19/h3-9,14,18,24H,10-13,15-17H2,1-2H3. The van der Waals surface area contributed by atoms with E-state index in [2.05, 4.69) is 5.32 Å². The van der Waals surface area contributed by atoms with Gasteiger partial charge in [0.05, 0.1) is 14.2 Å². The predicted molar refractivity (Wildman–Crippen MR) is 112 cm³/mol. The zero-order valence-corrected chi connectivity index (χ0v) is 17.2. The van der Waals surface area contributed by atoms with E-state index in [4.69, 9.17) is 14.2 Å². The van der Waals surface area contributed by atoms with Gasteiger partial charge in [0, 0.05) is 31.3 Å². The van der Waals surface area contributed by atoms with Crippen LogP contribution in [-0.2, 0) is 17.9 Å². The maximum absolute atomic E-state index is 12.3. The molecule has 1 amide bonds. The minimum atomic E-state index is -0.219. The van der Waals surface area contributed by atoms with E-state index in [0.717, 1.165) is 61.6 Å². The second-order valence-corrected chi connectivity index (χ2v) is 7.28. The van der Waals surface area contributed by atoms with Crippen molar-refractivity contribution in [3.05, 3.63) is 59.7 Å². The molecule has 6 nitrogen and oxygen atoms in total. The highest BCUT2D eigenvalue weighted by molar-refractivity contribution is 5.67. The number of hydrogen-bond acceptors (Lipinski definition) is 5. The first-order valence-corrected chi connectivity index (χ1v) is 10.1. The maximum Gasteiger partial charge on any atom is 0.410 e. The lowest BCUT2D eigenvalue weighted by atomic mass is 9.97. The molecular formula is C23H30N2O4. The smallest absolute Gasteiger partial charge is 0.410 e. The van der Waals surface area contributed by atoms with E-state index >= 15 is 0 Å². The highest BCUT2D eigenvalue weighted by Gasteiger charge is 2.23. The first-order valence-electron chi connectivity index (χ1n) is 10.1. The Balaban J connectivity index is 1.37. The molecule has 1 fully saturated rings. The van der Waals surface area contributed by atoms with Gasteiger partial charge in [0.2, 0.25) is 0 Å². The lowest BCUT2D eigenvalue weighted by Gasteiger charge is -2.31. The van der Waals surface area contributed by atoms with E-state index in [-0.39, 0.29) is 6.09 Å². The van der Waals surface area contributed by atoms with Crippen LogP contribution in [0, 0.1) is 5.92 Å². The number of carbonyl (C=O) groups is 1. The van der Waals surface area contributed by atoms with Crippen molar-refractivity contribution in [3.63, 3.8) is 0 Å². The van der Waals surface area contributed by atoms with Crippen molar-refractivity contribution in [1.82, 2.24) is 10.2 Å². The highest BCUT2D eigenvalue weighted by Crippen LogP contribution is 2.24. The number of piperidine rings is 1. The summed E-state index contributed by atoms with van der Waals surface area (Å²) in [6.07, 6.45) is 1.74. The molecule has 0 radical (unpaired) electrons. The molecule has 0 unspecified atom stereocenters. The van der Waals surface area contributed by atoms with Crippen molar-refractivity contribution in [2.75, 3.05) is 33.9 Å². The lowest BCUT2D eigenvalue weighted by Crippen LogP contribution is -2.40. The van der Waals surface area contributed by atoms with Gasteiger partial charge in [0.1, 0.15) is 18.1 Å². The predicted octanol–water partition coefficient (Wildman–Crippen LogP) is 3.84. The summed E-state index contributed by atoms with van der Waals surface area (Å²) in [6, 6.07) is 15.6. The number of nitrogens with one attached hydrogen (secondary N) is 1. The number of benzene rings is 2. The molecule has 0 saturated carbocycles. The molecule has 0 spiro atoms. The average Bonchev–Trinajstić information content (AvgIpc) is 2.78. The van der Waals surface area contributed by atoms with E-state index in [0.29, 0.717) is 12.5 Å². The number of methoxy groups -OCH3 is 2. The Morgan fingerprint density at radius 1 is 1.07 bits per heavy atom. The third kappa shape index (κ3) is 6.12. The number of ether oxygens (including phenoxy) is 3. The lowest BCUT2D eigenvalue weighted by molar-refractivity contribution is 0.0822. The van der Waals surface area contributed by atoms with Crippen LogP contribution in [0.25, 0.3) is 0 Å². The molecule has 2 aromatic carbocycles. The molecule has 0 aromatic heterocycles. The Bertz CT molecular complexity index is 774. The van der Waals surface area contributed by atoms with E-state index < -0.39 is 0 Å². The summed E-state index contributed by atoms with van der Waals surface area (Å²) in [7, 11) is 3.32. The van der Waals surface area contributed by atoms with Crippen molar-refractivity contribution in [2.24, 2.45) is 5.92 Å². The van der Waals surface area contributed by atoms with Crippen molar-refractivity contribution in [1.29, 1.82) is 0 Å². The summed E-state index contributed by atoms with van der Waals surface area (Å²) in [5.41, 5.74) is 2.11. The van der Waals surface area contributed by atoms with E-state index in [1.165, 1.54) is 0 Å². The summed E-state index contributed by atoms with van der Waals surface area (Å²) in [5.74, 6) is 2.17. The normalized spacial score (nSPS) is 14.5. The topological polar surface area (TPSA) is 60.0 Å². The molecule has 0 bridgehead atoms. The molecule has 0 atom stereocenters. The van der Waals surface area contributed by atoms with Gasteiger partial charge < -0.3 is 24.4 Å². The number of carbonyl (C=O) groups excluding carboxylic acids is 1. The Hall–Kier alpha value is -2.73. The fraction of sp³-hybridized carbons (Fsp3) is 0.435. The van der Waals surface area contributed by atoms with Gasteiger partial charge in [-0.1, -0.05) is 36.4 Å². The van der Waals surface area contributed by atoms with Gasteiger partial charge in [-0.15, -0.1) is 0 Å².